The van der Waals surface area contributed by atoms with Crippen molar-refractivity contribution < 1.29 is 28.7 Å². The highest BCUT2D eigenvalue weighted by molar-refractivity contribution is 6.09. The Morgan fingerprint density at radius 2 is 1.86 bits per heavy atom. The zero-order valence-electron chi connectivity index (χ0n) is 15.7. The fourth-order valence-electron chi connectivity index (χ4n) is 3.23. The molecule has 1 atom stereocenters. The summed E-state index contributed by atoms with van der Waals surface area (Å²) in [4.78, 5) is 62.2. The molecule has 2 heterocycles. The van der Waals surface area contributed by atoms with Crippen LogP contribution in [-0.4, -0.2) is 59.2 Å². The van der Waals surface area contributed by atoms with Gasteiger partial charge in [-0.15, -0.1) is 0 Å². The lowest BCUT2D eigenvalue weighted by atomic mass is 9.91. The molecule has 0 saturated carbocycles. The minimum absolute atomic E-state index is 0.291. The molecule has 1 aromatic rings. The van der Waals surface area contributed by atoms with Crippen LogP contribution in [0.5, 0.6) is 0 Å². The van der Waals surface area contributed by atoms with Crippen LogP contribution >= 0.6 is 0 Å². The molecule has 28 heavy (non-hydrogen) atoms. The van der Waals surface area contributed by atoms with Gasteiger partial charge in [0.15, 0.2) is 6.61 Å². The van der Waals surface area contributed by atoms with Gasteiger partial charge in [0.1, 0.15) is 12.1 Å². The highest BCUT2D eigenvalue weighted by Crippen LogP contribution is 2.28. The Labute approximate surface area is 161 Å². The van der Waals surface area contributed by atoms with Gasteiger partial charge in [-0.1, -0.05) is 29.8 Å². The molecule has 148 valence electrons. The minimum Gasteiger partial charge on any atom is -0.454 e. The zero-order valence-corrected chi connectivity index (χ0v) is 15.7. The average Bonchev–Trinajstić information content (AvgIpc) is 3.17. The van der Waals surface area contributed by atoms with Crippen molar-refractivity contribution in [1.29, 1.82) is 0 Å². The number of nitrogens with one attached hydrogen (secondary N) is 1. The van der Waals surface area contributed by atoms with E-state index in [0.717, 1.165) is 15.4 Å². The predicted octanol–water partition coefficient (Wildman–Crippen LogP) is 0.454. The third kappa shape index (κ3) is 3.60. The molecule has 9 nitrogen and oxygen atoms in total. The monoisotopic (exact) mass is 387 g/mol. The highest BCUT2D eigenvalue weighted by atomic mass is 16.5. The Kier molecular flexibility index (Phi) is 5.17. The third-order valence-corrected chi connectivity index (χ3v) is 4.92. The molecule has 0 aliphatic carbocycles. The van der Waals surface area contributed by atoms with E-state index in [-0.39, 0.29) is 5.91 Å². The molecule has 0 radical (unpaired) electrons. The summed E-state index contributed by atoms with van der Waals surface area (Å²) in [5.74, 6) is -2.41. The van der Waals surface area contributed by atoms with Crippen LogP contribution in [0.2, 0.25) is 0 Å². The van der Waals surface area contributed by atoms with E-state index >= 15 is 0 Å². The molecule has 5 amide bonds. The first-order chi connectivity index (χ1) is 13.2. The number of urea groups is 1. The van der Waals surface area contributed by atoms with Gasteiger partial charge in [-0.3, -0.25) is 29.0 Å². The van der Waals surface area contributed by atoms with Crippen molar-refractivity contribution in [1.82, 2.24) is 15.1 Å². The van der Waals surface area contributed by atoms with Gasteiger partial charge < -0.3 is 10.1 Å². The van der Waals surface area contributed by atoms with Gasteiger partial charge in [-0.25, -0.2) is 4.79 Å². The van der Waals surface area contributed by atoms with Crippen LogP contribution in [0.1, 0.15) is 30.9 Å². The summed E-state index contributed by atoms with van der Waals surface area (Å²) in [6.45, 7) is 2.54. The van der Waals surface area contributed by atoms with Crippen LogP contribution in [0.3, 0.4) is 0 Å². The van der Waals surface area contributed by atoms with Crippen LogP contribution in [-0.2, 0) is 29.5 Å². The number of amides is 5. The number of ether oxygens (including phenoxy) is 1. The van der Waals surface area contributed by atoms with Crippen molar-refractivity contribution in [2.75, 3.05) is 19.7 Å². The molecular formula is C19H21N3O6. The Morgan fingerprint density at radius 1 is 1.18 bits per heavy atom. The van der Waals surface area contributed by atoms with E-state index in [0.29, 0.717) is 24.9 Å². The molecule has 2 aliphatic rings. The fourth-order valence-corrected chi connectivity index (χ4v) is 3.23. The van der Waals surface area contributed by atoms with Crippen LogP contribution < -0.4 is 5.32 Å². The zero-order chi connectivity index (χ0) is 20.5. The quantitative estimate of drug-likeness (QED) is 0.580. The SMILES string of the molecule is Cc1ccc([C@]2(C)NC(=O)N(CC(=O)OCC(=O)N3CCCC3=O)C2=O)cc1. The van der Waals surface area contributed by atoms with E-state index in [1.165, 1.54) is 0 Å². The molecule has 0 spiro atoms. The Balaban J connectivity index is 1.61. The summed E-state index contributed by atoms with van der Waals surface area (Å²) in [6, 6.07) is 6.40. The van der Waals surface area contributed by atoms with E-state index < -0.39 is 42.5 Å². The maximum atomic E-state index is 12.8. The molecule has 0 aromatic heterocycles. The highest BCUT2D eigenvalue weighted by Gasteiger charge is 2.49. The van der Waals surface area contributed by atoms with E-state index in [1.807, 2.05) is 19.1 Å². The summed E-state index contributed by atoms with van der Waals surface area (Å²) < 4.78 is 4.86. The smallest absolute Gasteiger partial charge is 0.326 e. The number of hydrogen-bond acceptors (Lipinski definition) is 6. The number of nitrogens with zero attached hydrogens (tertiary/aromatic N) is 2. The van der Waals surface area contributed by atoms with Crippen molar-refractivity contribution in [3.63, 3.8) is 0 Å². The molecule has 1 N–H and O–H groups in total. The number of rotatable bonds is 5. The Morgan fingerprint density at radius 3 is 2.46 bits per heavy atom. The third-order valence-electron chi connectivity index (χ3n) is 4.92. The van der Waals surface area contributed by atoms with Gasteiger partial charge in [0.05, 0.1) is 0 Å². The largest absolute Gasteiger partial charge is 0.454 e. The molecule has 0 unspecified atom stereocenters. The maximum absolute atomic E-state index is 12.8. The van der Waals surface area contributed by atoms with Gasteiger partial charge in [0, 0.05) is 13.0 Å². The molecule has 3 rings (SSSR count). The molecule has 9 heteroatoms. The summed E-state index contributed by atoms with van der Waals surface area (Å²) in [5.41, 5.74) is 0.309. The van der Waals surface area contributed by atoms with E-state index in [9.17, 15) is 24.0 Å². The fraction of sp³-hybridized carbons (Fsp3) is 0.421. The van der Waals surface area contributed by atoms with Gasteiger partial charge in [0.2, 0.25) is 5.91 Å². The summed E-state index contributed by atoms with van der Waals surface area (Å²) in [5, 5.41) is 2.60. The molecule has 1 aromatic carbocycles. The molecule has 2 aliphatic heterocycles. The number of carbonyl (C=O) groups excluding carboxylic acids is 5. The maximum Gasteiger partial charge on any atom is 0.326 e. The first-order valence-corrected chi connectivity index (χ1v) is 8.92. The lowest BCUT2D eigenvalue weighted by molar-refractivity contribution is -0.155. The lowest BCUT2D eigenvalue weighted by Crippen LogP contribution is -2.42. The van der Waals surface area contributed by atoms with Crippen molar-refractivity contribution in [2.24, 2.45) is 0 Å². The number of imide groups is 2. The van der Waals surface area contributed by atoms with Gasteiger partial charge in [0.25, 0.3) is 11.8 Å². The topological polar surface area (TPSA) is 113 Å². The Hall–Kier alpha value is -3.23. The lowest BCUT2D eigenvalue weighted by Gasteiger charge is -2.22. The van der Waals surface area contributed by atoms with Gasteiger partial charge in [-0.2, -0.15) is 0 Å². The summed E-state index contributed by atoms with van der Waals surface area (Å²) in [7, 11) is 0. The predicted molar refractivity (Wildman–Crippen MR) is 95.7 cm³/mol. The number of aryl methyl sites for hydroxylation is 1. The molecular weight excluding hydrogens is 366 g/mol. The molecule has 2 fully saturated rings. The summed E-state index contributed by atoms with van der Waals surface area (Å²) in [6.07, 6.45) is 0.873. The second-order valence-electron chi connectivity index (χ2n) is 7.02. The number of likely N-dealkylation sites (tertiary alicyclic amines) is 1. The van der Waals surface area contributed by atoms with Crippen LogP contribution in [0, 0.1) is 6.92 Å². The van der Waals surface area contributed by atoms with E-state index in [4.69, 9.17) is 4.74 Å². The van der Waals surface area contributed by atoms with Crippen molar-refractivity contribution in [2.45, 2.75) is 32.2 Å². The first kappa shape index (κ1) is 19.5. The van der Waals surface area contributed by atoms with Gasteiger partial charge in [-0.05, 0) is 25.8 Å². The summed E-state index contributed by atoms with van der Waals surface area (Å²) >= 11 is 0. The van der Waals surface area contributed by atoms with Gasteiger partial charge >= 0.3 is 12.0 Å². The van der Waals surface area contributed by atoms with Crippen LogP contribution in [0.4, 0.5) is 4.79 Å². The second-order valence-corrected chi connectivity index (χ2v) is 7.02. The number of esters is 1. The Bertz CT molecular complexity index is 850. The standard InChI is InChI=1S/C19H21N3O6/c1-12-5-7-13(8-6-12)19(2)17(26)22(18(27)20-19)10-16(25)28-11-15(24)21-9-3-4-14(21)23/h5-8H,3-4,9-11H2,1-2H3,(H,20,27)/t19-/m0/s1. The number of hydrogen-bond donors (Lipinski definition) is 1. The van der Waals surface area contributed by atoms with Crippen LogP contribution in [0.25, 0.3) is 0 Å². The molecule has 0 bridgehead atoms. The second kappa shape index (κ2) is 7.41. The number of benzene rings is 1. The molecule has 2 saturated heterocycles. The van der Waals surface area contributed by atoms with E-state index in [2.05, 4.69) is 5.32 Å². The first-order valence-electron chi connectivity index (χ1n) is 8.92. The normalized spacial score (nSPS) is 21.9. The van der Waals surface area contributed by atoms with Crippen molar-refractivity contribution in [3.05, 3.63) is 35.4 Å². The van der Waals surface area contributed by atoms with Crippen LogP contribution in [0.15, 0.2) is 24.3 Å². The minimum atomic E-state index is -1.29. The van der Waals surface area contributed by atoms with Crippen molar-refractivity contribution in [3.8, 4) is 0 Å². The van der Waals surface area contributed by atoms with Crippen molar-refractivity contribution >= 4 is 29.7 Å². The average molecular weight is 387 g/mol. The number of carbonyl (C=O) groups is 5. The van der Waals surface area contributed by atoms with E-state index in [1.54, 1.807) is 19.1 Å².